The molecule has 20 heavy (non-hydrogen) atoms. The molecule has 0 atom stereocenters. The van der Waals surface area contributed by atoms with E-state index in [2.05, 4.69) is 22.5 Å². The van der Waals surface area contributed by atoms with Crippen molar-refractivity contribution in [3.8, 4) is 5.75 Å². The first-order valence-electron chi connectivity index (χ1n) is 5.93. The molecule has 0 aromatic heterocycles. The first kappa shape index (κ1) is 14.7. The first-order valence-corrected chi connectivity index (χ1v) is 6.72. The molecule has 2 aromatic rings. The van der Waals surface area contributed by atoms with Crippen LogP contribution in [0.5, 0.6) is 5.75 Å². The molecule has 0 spiro atoms. The van der Waals surface area contributed by atoms with Crippen LogP contribution in [0, 0.1) is 18.6 Å². The van der Waals surface area contributed by atoms with Gasteiger partial charge in [0.2, 0.25) is 0 Å². The normalized spacial score (nSPS) is 10.4. The smallest absolute Gasteiger partial charge is 0.140 e. The lowest BCUT2D eigenvalue weighted by molar-refractivity contribution is 0.402. The predicted octanol–water partition coefficient (Wildman–Crippen LogP) is 5.11. The zero-order valence-electron chi connectivity index (χ0n) is 11.1. The molecule has 104 valence electrons. The number of hydrogen-bond acceptors (Lipinski definition) is 1. The van der Waals surface area contributed by atoms with E-state index in [1.54, 1.807) is 25.1 Å². The van der Waals surface area contributed by atoms with Gasteiger partial charge in [0, 0.05) is 16.1 Å². The highest BCUT2D eigenvalue weighted by Gasteiger charge is 2.19. The zero-order chi connectivity index (χ0) is 14.9. The highest BCUT2D eigenvalue weighted by Crippen LogP contribution is 2.33. The summed E-state index contributed by atoms with van der Waals surface area (Å²) >= 11 is 3.33. The van der Waals surface area contributed by atoms with Gasteiger partial charge in [-0.2, -0.15) is 0 Å². The Bertz CT molecular complexity index is 680. The van der Waals surface area contributed by atoms with Gasteiger partial charge in [-0.3, -0.25) is 0 Å². The van der Waals surface area contributed by atoms with E-state index in [9.17, 15) is 8.78 Å². The van der Waals surface area contributed by atoms with Crippen molar-refractivity contribution in [2.45, 2.75) is 6.92 Å². The van der Waals surface area contributed by atoms with E-state index in [-0.39, 0.29) is 16.9 Å². The molecular formula is C16H13BrF2O. The molecular weight excluding hydrogens is 326 g/mol. The van der Waals surface area contributed by atoms with E-state index in [0.29, 0.717) is 11.1 Å². The van der Waals surface area contributed by atoms with Crippen molar-refractivity contribution in [2.24, 2.45) is 0 Å². The van der Waals surface area contributed by atoms with Crippen LogP contribution < -0.4 is 4.74 Å². The highest BCUT2D eigenvalue weighted by atomic mass is 79.9. The Balaban J connectivity index is 2.58. The molecule has 0 bridgehead atoms. The lowest BCUT2D eigenvalue weighted by Gasteiger charge is -2.13. The average molecular weight is 339 g/mol. The minimum atomic E-state index is -0.685. The summed E-state index contributed by atoms with van der Waals surface area (Å²) in [5, 5.41) is 0. The average Bonchev–Trinajstić information content (AvgIpc) is 2.42. The van der Waals surface area contributed by atoms with Gasteiger partial charge in [-0.25, -0.2) is 8.78 Å². The first-order chi connectivity index (χ1) is 9.45. The summed E-state index contributed by atoms with van der Waals surface area (Å²) in [5.74, 6) is -1.15. The van der Waals surface area contributed by atoms with Gasteiger partial charge in [-0.05, 0) is 30.2 Å². The van der Waals surface area contributed by atoms with E-state index in [0.717, 1.165) is 4.47 Å². The summed E-state index contributed by atoms with van der Waals surface area (Å²) in [6.45, 7) is 5.36. The van der Waals surface area contributed by atoms with E-state index in [1.165, 1.54) is 13.2 Å². The largest absolute Gasteiger partial charge is 0.496 e. The number of ether oxygens (including phenoxy) is 1. The number of benzene rings is 2. The molecule has 0 saturated heterocycles. The molecule has 0 radical (unpaired) electrons. The van der Waals surface area contributed by atoms with Gasteiger partial charge >= 0.3 is 0 Å². The number of hydrogen-bond donors (Lipinski definition) is 0. The van der Waals surface area contributed by atoms with Crippen molar-refractivity contribution in [1.82, 2.24) is 0 Å². The fourth-order valence-electron chi connectivity index (χ4n) is 2.01. The maximum atomic E-state index is 14.4. The minimum Gasteiger partial charge on any atom is -0.496 e. The summed E-state index contributed by atoms with van der Waals surface area (Å²) in [5.41, 5.74) is 1.09. The maximum Gasteiger partial charge on any atom is 0.140 e. The molecule has 0 amide bonds. The van der Waals surface area contributed by atoms with Crippen molar-refractivity contribution < 1.29 is 13.5 Å². The van der Waals surface area contributed by atoms with Crippen LogP contribution in [0.25, 0.3) is 5.57 Å². The van der Waals surface area contributed by atoms with Crippen molar-refractivity contribution in [3.05, 3.63) is 69.7 Å². The van der Waals surface area contributed by atoms with Gasteiger partial charge in [-0.1, -0.05) is 34.6 Å². The predicted molar refractivity (Wildman–Crippen MR) is 79.9 cm³/mol. The summed E-state index contributed by atoms with van der Waals surface area (Å²) in [4.78, 5) is 0. The second-order valence-electron chi connectivity index (χ2n) is 4.36. The third kappa shape index (κ3) is 2.61. The van der Waals surface area contributed by atoms with Crippen LogP contribution in [-0.4, -0.2) is 7.11 Å². The monoisotopic (exact) mass is 338 g/mol. The van der Waals surface area contributed by atoms with E-state index in [4.69, 9.17) is 4.74 Å². The number of rotatable bonds is 3. The van der Waals surface area contributed by atoms with E-state index >= 15 is 0 Å². The van der Waals surface area contributed by atoms with Crippen molar-refractivity contribution in [1.29, 1.82) is 0 Å². The molecule has 0 fully saturated rings. The Morgan fingerprint density at radius 2 is 1.95 bits per heavy atom. The Kier molecular flexibility index (Phi) is 4.23. The van der Waals surface area contributed by atoms with Gasteiger partial charge < -0.3 is 4.74 Å². The van der Waals surface area contributed by atoms with Crippen LogP contribution in [0.2, 0.25) is 0 Å². The highest BCUT2D eigenvalue weighted by molar-refractivity contribution is 9.10. The van der Waals surface area contributed by atoms with Gasteiger partial charge in [-0.15, -0.1) is 0 Å². The maximum absolute atomic E-state index is 14.4. The summed E-state index contributed by atoms with van der Waals surface area (Å²) in [7, 11) is 1.38. The van der Waals surface area contributed by atoms with E-state index in [1.807, 2.05) is 6.07 Å². The molecule has 0 aliphatic rings. The third-order valence-electron chi connectivity index (χ3n) is 3.11. The molecule has 2 rings (SSSR count). The number of methoxy groups -OCH3 is 1. The Labute approximate surface area is 125 Å². The quantitative estimate of drug-likeness (QED) is 0.755. The van der Waals surface area contributed by atoms with Gasteiger partial charge in [0.05, 0.1) is 12.7 Å². The van der Waals surface area contributed by atoms with Crippen molar-refractivity contribution >= 4 is 21.5 Å². The van der Waals surface area contributed by atoms with Gasteiger partial charge in [0.25, 0.3) is 0 Å². The van der Waals surface area contributed by atoms with Crippen LogP contribution >= 0.6 is 15.9 Å². The second-order valence-corrected chi connectivity index (χ2v) is 5.28. The molecule has 0 N–H and O–H groups in total. The van der Waals surface area contributed by atoms with Gasteiger partial charge in [0.15, 0.2) is 0 Å². The van der Waals surface area contributed by atoms with Gasteiger partial charge in [0.1, 0.15) is 17.4 Å². The molecule has 0 aliphatic heterocycles. The molecule has 0 heterocycles. The molecule has 0 unspecified atom stereocenters. The fourth-order valence-corrected chi connectivity index (χ4v) is 2.40. The summed E-state index contributed by atoms with van der Waals surface area (Å²) in [6.07, 6.45) is 0. The van der Waals surface area contributed by atoms with Crippen LogP contribution in [0.1, 0.15) is 16.7 Å². The number of halogens is 3. The lowest BCUT2D eigenvalue weighted by Crippen LogP contribution is -2.01. The lowest BCUT2D eigenvalue weighted by atomic mass is 9.96. The van der Waals surface area contributed by atoms with Crippen LogP contribution in [0.4, 0.5) is 8.78 Å². The molecule has 0 aliphatic carbocycles. The Hall–Kier alpha value is -1.68. The van der Waals surface area contributed by atoms with Crippen molar-refractivity contribution in [3.63, 3.8) is 0 Å². The van der Waals surface area contributed by atoms with Crippen LogP contribution in [-0.2, 0) is 0 Å². The Morgan fingerprint density at radius 3 is 2.55 bits per heavy atom. The summed E-state index contributed by atoms with van der Waals surface area (Å²) in [6, 6.07) is 8.32. The topological polar surface area (TPSA) is 9.23 Å². The zero-order valence-corrected chi connectivity index (χ0v) is 12.7. The molecule has 0 saturated carbocycles. The summed E-state index contributed by atoms with van der Waals surface area (Å²) < 4.78 is 34.2. The minimum absolute atomic E-state index is 0.124. The molecule has 4 heteroatoms. The molecule has 1 nitrogen and oxygen atoms in total. The second kappa shape index (κ2) is 5.75. The standard InChI is InChI=1S/C16H13BrF2O/c1-9(11-5-4-6-12(17)7-11)15-13(18)8-14(20-3)10(2)16(15)19/h4-8H,1H2,2-3H3. The third-order valence-corrected chi connectivity index (χ3v) is 3.60. The van der Waals surface area contributed by atoms with Crippen molar-refractivity contribution in [2.75, 3.05) is 7.11 Å². The fraction of sp³-hybridized carbons (Fsp3) is 0.125. The molecule has 2 aromatic carbocycles. The van der Waals surface area contributed by atoms with Crippen LogP contribution in [0.15, 0.2) is 41.4 Å². The SMILES string of the molecule is C=C(c1cccc(Br)c1)c1c(F)cc(OC)c(C)c1F. The van der Waals surface area contributed by atoms with Crippen LogP contribution in [0.3, 0.4) is 0 Å². The van der Waals surface area contributed by atoms with E-state index < -0.39 is 11.6 Å². The Morgan fingerprint density at radius 1 is 1.25 bits per heavy atom.